The minimum Gasteiger partial charge on any atom is -0.341 e. The van der Waals surface area contributed by atoms with Gasteiger partial charge in [0.25, 0.3) is 0 Å². The fourth-order valence-electron chi connectivity index (χ4n) is 2.23. The number of alkyl halides is 3. The fourth-order valence-corrected chi connectivity index (χ4v) is 2.23. The summed E-state index contributed by atoms with van der Waals surface area (Å²) in [4.78, 5) is 7.61. The van der Waals surface area contributed by atoms with E-state index >= 15 is 0 Å². The number of nitrogens with one attached hydrogen (secondary N) is 2. The van der Waals surface area contributed by atoms with E-state index in [-0.39, 0.29) is 0 Å². The number of aromatic amines is 1. The van der Waals surface area contributed by atoms with Gasteiger partial charge in [-0.1, -0.05) is 24.3 Å². The molecule has 0 unspecified atom stereocenters. The second-order valence-corrected chi connectivity index (χ2v) is 5.00. The standard InChI is InChI=1S/C16H14F3N3/c17-16(18,19)12-7-5-11(6-8-12)9-20-10-15-21-13-3-1-2-4-14(13)22-15/h1-8,20H,9-10H2,(H,21,22). The van der Waals surface area contributed by atoms with Gasteiger partial charge in [-0.15, -0.1) is 0 Å². The van der Waals surface area contributed by atoms with Crippen molar-refractivity contribution in [2.24, 2.45) is 0 Å². The van der Waals surface area contributed by atoms with Crippen LogP contribution in [0.4, 0.5) is 13.2 Å². The van der Waals surface area contributed by atoms with Crippen LogP contribution in [0, 0.1) is 0 Å². The van der Waals surface area contributed by atoms with E-state index in [9.17, 15) is 13.2 Å². The van der Waals surface area contributed by atoms with Gasteiger partial charge in [-0.2, -0.15) is 13.2 Å². The SMILES string of the molecule is FC(F)(F)c1ccc(CNCc2nc3ccccc3[nH]2)cc1. The average Bonchev–Trinajstić information content (AvgIpc) is 2.89. The van der Waals surface area contributed by atoms with E-state index in [4.69, 9.17) is 0 Å². The van der Waals surface area contributed by atoms with Gasteiger partial charge in [0.05, 0.1) is 23.1 Å². The molecule has 22 heavy (non-hydrogen) atoms. The largest absolute Gasteiger partial charge is 0.416 e. The Balaban J connectivity index is 1.58. The molecular weight excluding hydrogens is 291 g/mol. The van der Waals surface area contributed by atoms with E-state index in [0.717, 1.165) is 34.6 Å². The first-order valence-corrected chi connectivity index (χ1v) is 6.83. The molecule has 1 aromatic heterocycles. The molecule has 0 bridgehead atoms. The lowest BCUT2D eigenvalue weighted by atomic mass is 10.1. The van der Waals surface area contributed by atoms with Crippen molar-refractivity contribution in [3.63, 3.8) is 0 Å². The highest BCUT2D eigenvalue weighted by Crippen LogP contribution is 2.29. The normalized spacial score (nSPS) is 12.0. The van der Waals surface area contributed by atoms with E-state index in [0.29, 0.717) is 13.1 Å². The van der Waals surface area contributed by atoms with Crippen molar-refractivity contribution < 1.29 is 13.2 Å². The van der Waals surface area contributed by atoms with Crippen molar-refractivity contribution in [3.05, 3.63) is 65.5 Å². The molecule has 0 atom stereocenters. The van der Waals surface area contributed by atoms with Gasteiger partial charge >= 0.3 is 6.18 Å². The third-order valence-corrected chi connectivity index (χ3v) is 3.34. The smallest absolute Gasteiger partial charge is 0.341 e. The molecule has 3 aromatic rings. The Bertz CT molecular complexity index is 727. The number of H-pyrrole nitrogens is 1. The van der Waals surface area contributed by atoms with Gasteiger partial charge in [-0.3, -0.25) is 0 Å². The summed E-state index contributed by atoms with van der Waals surface area (Å²) < 4.78 is 37.4. The molecular formula is C16H14F3N3. The van der Waals surface area contributed by atoms with Gasteiger partial charge in [-0.05, 0) is 29.8 Å². The Labute approximate surface area is 125 Å². The molecule has 0 fully saturated rings. The first-order valence-electron chi connectivity index (χ1n) is 6.83. The third kappa shape index (κ3) is 3.28. The van der Waals surface area contributed by atoms with Crippen LogP contribution in [0.15, 0.2) is 48.5 Å². The van der Waals surface area contributed by atoms with Crippen molar-refractivity contribution in [1.82, 2.24) is 15.3 Å². The highest BCUT2D eigenvalue weighted by molar-refractivity contribution is 5.74. The molecule has 6 heteroatoms. The molecule has 2 N–H and O–H groups in total. The van der Waals surface area contributed by atoms with Crippen LogP contribution >= 0.6 is 0 Å². The number of nitrogens with zero attached hydrogens (tertiary/aromatic N) is 1. The molecule has 0 aliphatic carbocycles. The Kier molecular flexibility index (Phi) is 3.85. The first-order chi connectivity index (χ1) is 10.5. The lowest BCUT2D eigenvalue weighted by Crippen LogP contribution is -2.14. The number of fused-ring (bicyclic) bond motifs is 1. The number of benzene rings is 2. The number of rotatable bonds is 4. The summed E-state index contributed by atoms with van der Waals surface area (Å²) in [5.74, 6) is 0.799. The maximum atomic E-state index is 12.5. The Morgan fingerprint density at radius 3 is 2.36 bits per heavy atom. The summed E-state index contributed by atoms with van der Waals surface area (Å²) in [7, 11) is 0. The van der Waals surface area contributed by atoms with Crippen molar-refractivity contribution in [3.8, 4) is 0 Å². The van der Waals surface area contributed by atoms with Crippen LogP contribution in [0.25, 0.3) is 11.0 Å². The molecule has 0 radical (unpaired) electrons. The van der Waals surface area contributed by atoms with Crippen LogP contribution in [0.5, 0.6) is 0 Å². The van der Waals surface area contributed by atoms with Crippen molar-refractivity contribution in [2.45, 2.75) is 19.3 Å². The minimum absolute atomic E-state index is 0.481. The van der Waals surface area contributed by atoms with Crippen LogP contribution in [0.2, 0.25) is 0 Å². The number of hydrogen-bond donors (Lipinski definition) is 2. The Hall–Kier alpha value is -2.34. The van der Waals surface area contributed by atoms with Crippen LogP contribution in [-0.2, 0) is 19.3 Å². The number of hydrogen-bond acceptors (Lipinski definition) is 2. The van der Waals surface area contributed by atoms with Gasteiger partial charge in [0.2, 0.25) is 0 Å². The Morgan fingerprint density at radius 1 is 0.955 bits per heavy atom. The molecule has 0 amide bonds. The summed E-state index contributed by atoms with van der Waals surface area (Å²) >= 11 is 0. The molecule has 1 heterocycles. The minimum atomic E-state index is -4.29. The second kappa shape index (κ2) is 5.81. The Morgan fingerprint density at radius 2 is 1.68 bits per heavy atom. The molecule has 0 saturated carbocycles. The molecule has 0 saturated heterocycles. The average molecular weight is 305 g/mol. The summed E-state index contributed by atoms with van der Waals surface area (Å²) in [5.41, 5.74) is 2.03. The van der Waals surface area contributed by atoms with Crippen LogP contribution in [0.3, 0.4) is 0 Å². The number of para-hydroxylation sites is 2. The zero-order valence-electron chi connectivity index (χ0n) is 11.6. The third-order valence-electron chi connectivity index (χ3n) is 3.34. The number of aromatic nitrogens is 2. The number of halogens is 3. The molecule has 114 valence electrons. The number of imidazole rings is 1. The highest BCUT2D eigenvalue weighted by atomic mass is 19.4. The van der Waals surface area contributed by atoms with Gasteiger partial charge < -0.3 is 10.3 Å². The quantitative estimate of drug-likeness (QED) is 0.768. The highest BCUT2D eigenvalue weighted by Gasteiger charge is 2.29. The van der Waals surface area contributed by atoms with E-state index in [2.05, 4.69) is 15.3 Å². The molecule has 3 rings (SSSR count). The van der Waals surface area contributed by atoms with Gasteiger partial charge in [0.1, 0.15) is 5.82 Å². The first kappa shape index (κ1) is 14.6. The summed E-state index contributed by atoms with van der Waals surface area (Å²) in [6, 6.07) is 12.9. The maximum absolute atomic E-state index is 12.5. The monoisotopic (exact) mass is 305 g/mol. The summed E-state index contributed by atoms with van der Waals surface area (Å²) in [6.07, 6.45) is -4.29. The zero-order valence-corrected chi connectivity index (χ0v) is 11.6. The maximum Gasteiger partial charge on any atom is 0.416 e. The van der Waals surface area contributed by atoms with E-state index in [1.165, 1.54) is 12.1 Å². The molecule has 2 aromatic carbocycles. The van der Waals surface area contributed by atoms with Crippen LogP contribution in [-0.4, -0.2) is 9.97 Å². The molecule has 3 nitrogen and oxygen atoms in total. The molecule has 0 aliphatic heterocycles. The van der Waals surface area contributed by atoms with Crippen LogP contribution in [0.1, 0.15) is 17.0 Å². The van der Waals surface area contributed by atoms with E-state index < -0.39 is 11.7 Å². The van der Waals surface area contributed by atoms with Crippen molar-refractivity contribution in [1.29, 1.82) is 0 Å². The van der Waals surface area contributed by atoms with Gasteiger partial charge in [-0.25, -0.2) is 4.98 Å². The predicted octanol–water partition coefficient (Wildman–Crippen LogP) is 3.87. The van der Waals surface area contributed by atoms with Gasteiger partial charge in [0, 0.05) is 6.54 Å². The van der Waals surface area contributed by atoms with E-state index in [1.54, 1.807) is 0 Å². The fraction of sp³-hybridized carbons (Fsp3) is 0.188. The summed E-state index contributed by atoms with van der Waals surface area (Å²) in [6.45, 7) is 1.00. The topological polar surface area (TPSA) is 40.7 Å². The van der Waals surface area contributed by atoms with Gasteiger partial charge in [0.15, 0.2) is 0 Å². The van der Waals surface area contributed by atoms with Crippen molar-refractivity contribution in [2.75, 3.05) is 0 Å². The van der Waals surface area contributed by atoms with Crippen LogP contribution < -0.4 is 5.32 Å². The van der Waals surface area contributed by atoms with Crippen molar-refractivity contribution >= 4 is 11.0 Å². The lowest BCUT2D eigenvalue weighted by Gasteiger charge is -2.08. The van der Waals surface area contributed by atoms with E-state index in [1.807, 2.05) is 24.3 Å². The second-order valence-electron chi connectivity index (χ2n) is 5.00. The lowest BCUT2D eigenvalue weighted by molar-refractivity contribution is -0.137. The predicted molar refractivity (Wildman–Crippen MR) is 78.1 cm³/mol. The molecule has 0 spiro atoms. The zero-order chi connectivity index (χ0) is 15.6. The molecule has 0 aliphatic rings. The summed E-state index contributed by atoms with van der Waals surface area (Å²) in [5, 5.41) is 3.16.